The maximum Gasteiger partial charge on any atom is 0.0267 e. The molecule has 18 heavy (non-hydrogen) atoms. The minimum atomic E-state index is -5.62. The van der Waals surface area contributed by atoms with Crippen LogP contribution >= 0.6 is 0 Å². The summed E-state index contributed by atoms with van der Waals surface area (Å²) in [5.74, 6) is 0. The predicted octanol–water partition coefficient (Wildman–Crippen LogP) is 0.613. The van der Waals surface area contributed by atoms with Crippen molar-refractivity contribution in [1.82, 2.24) is 9.97 Å². The first kappa shape index (κ1) is 19.3. The van der Waals surface area contributed by atoms with E-state index in [1.165, 1.54) is 0 Å². The maximum atomic E-state index is 8.58. The Morgan fingerprint density at radius 2 is 0.889 bits per heavy atom. The molecule has 2 rings (SSSR count). The van der Waals surface area contributed by atoms with Gasteiger partial charge in [0, 0.05) is 24.8 Å². The Kier molecular flexibility index (Phi) is 13.2. The fourth-order valence-electron chi connectivity index (χ4n) is 0.625. The molecular weight excluding hydrogens is 375 g/mol. The van der Waals surface area contributed by atoms with E-state index in [-0.39, 0.29) is 22.4 Å². The Morgan fingerprint density at radius 1 is 0.667 bits per heavy atom. The first-order chi connectivity index (χ1) is 8.00. The van der Waals surface area contributed by atoms with Gasteiger partial charge >= 0.3 is 51.0 Å². The van der Waals surface area contributed by atoms with E-state index >= 15 is 0 Å². The van der Waals surface area contributed by atoms with Crippen molar-refractivity contribution >= 4 is 0 Å². The second-order valence-electron chi connectivity index (χ2n) is 2.43. The Hall–Kier alpha value is -1.08. The minimum Gasteiger partial charge on any atom is -0.265 e. The van der Waals surface area contributed by atoms with Crippen LogP contribution in [0.3, 0.4) is 0 Å². The van der Waals surface area contributed by atoms with E-state index in [0.29, 0.717) is 0 Å². The zero-order valence-corrected chi connectivity index (χ0v) is 11.6. The Labute approximate surface area is 122 Å². The van der Waals surface area contributed by atoms with Gasteiger partial charge in [-0.3, -0.25) is 9.97 Å². The SMILES string of the molecule is [Ag+].[O]=[Mn](=[O])(=[O])[O-].c1ccncc1.c1ccncc1. The van der Waals surface area contributed by atoms with Crippen molar-refractivity contribution < 1.29 is 51.0 Å². The van der Waals surface area contributed by atoms with Gasteiger partial charge in [-0.05, 0) is 24.3 Å². The van der Waals surface area contributed by atoms with E-state index in [0.717, 1.165) is 0 Å². The molecule has 0 fully saturated rings. The van der Waals surface area contributed by atoms with Crippen LogP contribution in [0.4, 0.5) is 0 Å². The van der Waals surface area contributed by atoms with Crippen LogP contribution in [0.25, 0.3) is 0 Å². The third-order valence-corrected chi connectivity index (χ3v) is 1.13. The largest absolute Gasteiger partial charge is 0.265 e. The van der Waals surface area contributed by atoms with Crippen LogP contribution in [0.5, 0.6) is 0 Å². The van der Waals surface area contributed by atoms with Gasteiger partial charge < -0.3 is 0 Å². The number of nitrogens with zero attached hydrogens (tertiary/aromatic N) is 2. The number of pyridine rings is 2. The van der Waals surface area contributed by atoms with Crippen LogP contribution in [0.1, 0.15) is 0 Å². The molecule has 0 saturated carbocycles. The Morgan fingerprint density at radius 3 is 0.944 bits per heavy atom. The van der Waals surface area contributed by atoms with Crippen LogP contribution in [-0.4, -0.2) is 9.97 Å². The molecule has 0 aliphatic rings. The molecule has 102 valence electrons. The van der Waals surface area contributed by atoms with Crippen molar-refractivity contribution in [2.75, 3.05) is 0 Å². The number of hydrogen-bond acceptors (Lipinski definition) is 6. The summed E-state index contributed by atoms with van der Waals surface area (Å²) in [6.07, 6.45) is 7.00. The maximum absolute atomic E-state index is 8.58. The van der Waals surface area contributed by atoms with Gasteiger partial charge in [-0.25, -0.2) is 0 Å². The zero-order valence-electron chi connectivity index (χ0n) is 8.98. The summed E-state index contributed by atoms with van der Waals surface area (Å²) in [5.41, 5.74) is 0. The van der Waals surface area contributed by atoms with Gasteiger partial charge in [-0.15, -0.1) is 0 Å². The first-order valence-electron chi connectivity index (χ1n) is 4.32. The van der Waals surface area contributed by atoms with E-state index < -0.39 is 13.0 Å². The molecule has 0 aliphatic carbocycles. The summed E-state index contributed by atoms with van der Waals surface area (Å²) in [6, 6.07) is 11.4. The summed E-state index contributed by atoms with van der Waals surface area (Å²) < 4.78 is 34.3. The summed E-state index contributed by atoms with van der Waals surface area (Å²) in [5, 5.41) is 0. The summed E-state index contributed by atoms with van der Waals surface area (Å²) in [6.45, 7) is 0. The first-order valence-corrected chi connectivity index (χ1v) is 6.24. The minimum absolute atomic E-state index is 0. The topological polar surface area (TPSA) is 100 Å². The fraction of sp³-hybridized carbons (Fsp3) is 0. The third-order valence-electron chi connectivity index (χ3n) is 1.13. The van der Waals surface area contributed by atoms with Gasteiger partial charge in [-0.2, -0.15) is 0 Å². The molecular formula is C10H10AgMnN2O4. The molecule has 0 radical (unpaired) electrons. The molecule has 0 atom stereocenters. The van der Waals surface area contributed by atoms with Crippen LogP contribution in [0, 0.1) is 0 Å². The third kappa shape index (κ3) is 24.2. The molecule has 0 aliphatic heterocycles. The van der Waals surface area contributed by atoms with Crippen molar-refractivity contribution in [3.8, 4) is 0 Å². The normalized spacial score (nSPS) is 8.50. The summed E-state index contributed by atoms with van der Waals surface area (Å²) >= 11 is -5.62. The Bertz CT molecular complexity index is 430. The molecule has 0 saturated heterocycles. The van der Waals surface area contributed by atoms with Gasteiger partial charge in [-0.1, -0.05) is 12.1 Å². The Balaban J connectivity index is 0. The van der Waals surface area contributed by atoms with Gasteiger partial charge in [0.25, 0.3) is 0 Å². The summed E-state index contributed by atoms with van der Waals surface area (Å²) in [4.78, 5) is 7.57. The fourth-order valence-corrected chi connectivity index (χ4v) is 0.625. The number of rotatable bonds is 0. The van der Waals surface area contributed by atoms with E-state index in [4.69, 9.17) is 15.7 Å². The molecule has 0 spiro atoms. The van der Waals surface area contributed by atoms with Crippen LogP contribution in [0.15, 0.2) is 61.2 Å². The average molecular weight is 385 g/mol. The smallest absolute Gasteiger partial charge is 0.0267 e. The monoisotopic (exact) mass is 384 g/mol. The number of aromatic nitrogens is 2. The van der Waals surface area contributed by atoms with Crippen LogP contribution < -0.4 is 4.19 Å². The molecule has 0 aromatic carbocycles. The van der Waals surface area contributed by atoms with E-state index in [1.807, 2.05) is 36.4 Å². The van der Waals surface area contributed by atoms with Crippen molar-refractivity contribution in [2.24, 2.45) is 0 Å². The molecule has 0 bridgehead atoms. The summed E-state index contributed by atoms with van der Waals surface area (Å²) in [7, 11) is 0. The standard InChI is InChI=1S/2C5H5N.Ag.Mn.4O/c2*1-2-4-6-5-3-1;;;;;;/h2*1-5H;;;;;;/q;;+1;;;;;-1. The van der Waals surface area contributed by atoms with E-state index in [1.54, 1.807) is 24.8 Å². The van der Waals surface area contributed by atoms with E-state index in [9.17, 15) is 0 Å². The molecule has 2 heterocycles. The van der Waals surface area contributed by atoms with Gasteiger partial charge in [0.05, 0.1) is 0 Å². The van der Waals surface area contributed by atoms with E-state index in [2.05, 4.69) is 9.97 Å². The van der Waals surface area contributed by atoms with Gasteiger partial charge in [0.1, 0.15) is 0 Å². The van der Waals surface area contributed by atoms with Gasteiger partial charge in [0.2, 0.25) is 0 Å². The van der Waals surface area contributed by atoms with Crippen LogP contribution in [-0.2, 0) is 46.9 Å². The average Bonchev–Trinajstić information content (AvgIpc) is 2.32. The van der Waals surface area contributed by atoms with Crippen LogP contribution in [0.2, 0.25) is 0 Å². The molecule has 6 nitrogen and oxygen atoms in total. The number of hydrogen-bond donors (Lipinski definition) is 0. The second-order valence-corrected chi connectivity index (χ2v) is 3.61. The molecule has 2 aromatic rings. The molecule has 0 amide bonds. The molecule has 0 N–H and O–H groups in total. The predicted molar refractivity (Wildman–Crippen MR) is 50.5 cm³/mol. The van der Waals surface area contributed by atoms with Gasteiger partial charge in [0.15, 0.2) is 0 Å². The second kappa shape index (κ2) is 12.4. The van der Waals surface area contributed by atoms with Crippen molar-refractivity contribution in [1.29, 1.82) is 0 Å². The van der Waals surface area contributed by atoms with Crippen molar-refractivity contribution in [3.63, 3.8) is 0 Å². The molecule has 2 aromatic heterocycles. The quantitative estimate of drug-likeness (QED) is 0.617. The van der Waals surface area contributed by atoms with Crippen molar-refractivity contribution in [3.05, 3.63) is 61.2 Å². The molecule has 8 heteroatoms. The molecule has 0 unspecified atom stereocenters. The zero-order chi connectivity index (χ0) is 13.0. The van der Waals surface area contributed by atoms with Crippen molar-refractivity contribution in [2.45, 2.75) is 0 Å².